The molecule has 3 heteroatoms. The molecule has 0 saturated carbocycles. The summed E-state index contributed by atoms with van der Waals surface area (Å²) < 4.78 is 5.78. The lowest BCUT2D eigenvalue weighted by molar-refractivity contribution is 0.102. The van der Waals surface area contributed by atoms with Crippen LogP contribution in [0.4, 0.5) is 5.69 Å². The molecule has 1 amide bonds. The van der Waals surface area contributed by atoms with Crippen LogP contribution in [-0.4, -0.2) is 5.91 Å². The molecule has 1 N–H and O–H groups in total. The van der Waals surface area contributed by atoms with E-state index in [1.165, 1.54) is 5.56 Å². The summed E-state index contributed by atoms with van der Waals surface area (Å²) in [7, 11) is 0. The van der Waals surface area contributed by atoms with Gasteiger partial charge in [-0.15, -0.1) is 0 Å². The highest BCUT2D eigenvalue weighted by atomic mass is 16.5. The number of hydrogen-bond acceptors (Lipinski definition) is 2. The summed E-state index contributed by atoms with van der Waals surface area (Å²) in [5.41, 5.74) is 3.59. The summed E-state index contributed by atoms with van der Waals surface area (Å²) >= 11 is 0. The van der Waals surface area contributed by atoms with Gasteiger partial charge < -0.3 is 10.1 Å². The molecule has 0 spiro atoms. The summed E-state index contributed by atoms with van der Waals surface area (Å²) in [6.07, 6.45) is 0. The molecular weight excluding hydrogens is 298 g/mol. The highest BCUT2D eigenvalue weighted by Gasteiger charge is 2.09. The molecule has 0 fully saturated rings. The van der Waals surface area contributed by atoms with Crippen LogP contribution in [0.5, 0.6) is 11.5 Å². The van der Waals surface area contributed by atoms with Crippen molar-refractivity contribution in [1.82, 2.24) is 0 Å². The monoisotopic (exact) mass is 317 g/mol. The maximum absolute atomic E-state index is 12.5. The fraction of sp³-hybridized carbons (Fsp3) is 0.0952. The maximum Gasteiger partial charge on any atom is 0.255 e. The molecule has 120 valence electrons. The minimum absolute atomic E-state index is 0.152. The number of hydrogen-bond donors (Lipinski definition) is 1. The number of carbonyl (C=O) groups excluding carboxylic acids is 1. The van der Waals surface area contributed by atoms with Gasteiger partial charge in [-0.2, -0.15) is 0 Å². The first-order valence-corrected chi connectivity index (χ1v) is 7.83. The van der Waals surface area contributed by atoms with Crippen LogP contribution < -0.4 is 10.1 Å². The van der Waals surface area contributed by atoms with Crippen molar-refractivity contribution in [2.45, 2.75) is 13.8 Å². The van der Waals surface area contributed by atoms with Crippen LogP contribution >= 0.6 is 0 Å². The van der Waals surface area contributed by atoms with E-state index in [0.29, 0.717) is 11.3 Å². The predicted octanol–water partition coefficient (Wildman–Crippen LogP) is 5.35. The van der Waals surface area contributed by atoms with Gasteiger partial charge in [0.25, 0.3) is 5.91 Å². The highest BCUT2D eigenvalue weighted by Crippen LogP contribution is 2.23. The van der Waals surface area contributed by atoms with E-state index < -0.39 is 0 Å². The van der Waals surface area contributed by atoms with E-state index in [1.807, 2.05) is 74.5 Å². The van der Waals surface area contributed by atoms with Crippen LogP contribution in [0.3, 0.4) is 0 Å². The van der Waals surface area contributed by atoms with Crippen LogP contribution in [0.2, 0.25) is 0 Å². The fourth-order valence-corrected chi connectivity index (χ4v) is 2.47. The van der Waals surface area contributed by atoms with Crippen molar-refractivity contribution in [3.8, 4) is 11.5 Å². The molecule has 0 heterocycles. The van der Waals surface area contributed by atoms with Crippen molar-refractivity contribution in [2.24, 2.45) is 0 Å². The number of amides is 1. The van der Waals surface area contributed by atoms with E-state index in [2.05, 4.69) is 5.32 Å². The summed E-state index contributed by atoms with van der Waals surface area (Å²) in [6, 6.07) is 22.6. The van der Waals surface area contributed by atoms with Crippen LogP contribution in [0.15, 0.2) is 72.8 Å². The normalized spacial score (nSPS) is 10.2. The number of carbonyl (C=O) groups is 1. The van der Waals surface area contributed by atoms with Crippen molar-refractivity contribution in [3.63, 3.8) is 0 Å². The number of nitrogens with one attached hydrogen (secondary N) is 1. The second kappa shape index (κ2) is 7.01. The second-order valence-electron chi connectivity index (χ2n) is 5.72. The van der Waals surface area contributed by atoms with E-state index in [9.17, 15) is 4.79 Å². The van der Waals surface area contributed by atoms with Crippen LogP contribution in [0.1, 0.15) is 21.5 Å². The van der Waals surface area contributed by atoms with Gasteiger partial charge >= 0.3 is 0 Å². The molecule has 0 aliphatic carbocycles. The van der Waals surface area contributed by atoms with Gasteiger partial charge in [-0.1, -0.05) is 42.0 Å². The lowest BCUT2D eigenvalue weighted by Gasteiger charge is -2.10. The number of para-hydroxylation sites is 1. The predicted molar refractivity (Wildman–Crippen MR) is 96.8 cm³/mol. The first kappa shape index (κ1) is 15.8. The van der Waals surface area contributed by atoms with Gasteiger partial charge in [0, 0.05) is 11.3 Å². The third kappa shape index (κ3) is 3.82. The Kier molecular flexibility index (Phi) is 4.62. The third-order valence-electron chi connectivity index (χ3n) is 3.71. The van der Waals surface area contributed by atoms with E-state index in [1.54, 1.807) is 12.1 Å². The van der Waals surface area contributed by atoms with Gasteiger partial charge in [-0.3, -0.25) is 4.79 Å². The van der Waals surface area contributed by atoms with Crippen molar-refractivity contribution >= 4 is 11.6 Å². The van der Waals surface area contributed by atoms with Crippen molar-refractivity contribution in [3.05, 3.63) is 89.5 Å². The number of ether oxygens (including phenoxy) is 1. The number of anilines is 1. The molecule has 0 atom stereocenters. The zero-order valence-electron chi connectivity index (χ0n) is 13.7. The molecule has 0 bridgehead atoms. The van der Waals surface area contributed by atoms with Crippen LogP contribution in [0, 0.1) is 13.8 Å². The first-order valence-electron chi connectivity index (χ1n) is 7.83. The summed E-state index contributed by atoms with van der Waals surface area (Å²) in [4.78, 5) is 12.5. The fourth-order valence-electron chi connectivity index (χ4n) is 2.47. The zero-order chi connectivity index (χ0) is 16.9. The lowest BCUT2D eigenvalue weighted by Crippen LogP contribution is -2.12. The van der Waals surface area contributed by atoms with Crippen molar-refractivity contribution < 1.29 is 9.53 Å². The standard InChI is InChI=1S/C21H19NO2/c1-15-11-12-20(16(2)13-15)22-21(23)17-7-6-10-19(14-17)24-18-8-4-3-5-9-18/h3-14H,1-2H3,(H,22,23). The average molecular weight is 317 g/mol. The van der Waals surface area contributed by atoms with Gasteiger partial charge in [0.1, 0.15) is 11.5 Å². The van der Waals surface area contributed by atoms with Gasteiger partial charge in [-0.25, -0.2) is 0 Å². The Labute approximate surface area is 141 Å². The van der Waals surface area contributed by atoms with E-state index in [0.717, 1.165) is 17.0 Å². The van der Waals surface area contributed by atoms with Crippen molar-refractivity contribution in [1.29, 1.82) is 0 Å². The molecule has 3 rings (SSSR count). The van der Waals surface area contributed by atoms with Crippen molar-refractivity contribution in [2.75, 3.05) is 5.32 Å². The Morgan fingerprint density at radius 2 is 1.58 bits per heavy atom. The Bertz CT molecular complexity index is 857. The largest absolute Gasteiger partial charge is 0.457 e. The van der Waals surface area contributed by atoms with E-state index in [4.69, 9.17) is 4.74 Å². The van der Waals surface area contributed by atoms with Gasteiger partial charge in [-0.05, 0) is 55.8 Å². The molecule has 3 aromatic carbocycles. The highest BCUT2D eigenvalue weighted by molar-refractivity contribution is 6.04. The Morgan fingerprint density at radius 1 is 0.833 bits per heavy atom. The number of benzene rings is 3. The first-order chi connectivity index (χ1) is 11.6. The molecule has 0 aliphatic heterocycles. The van der Waals surface area contributed by atoms with Crippen LogP contribution in [0.25, 0.3) is 0 Å². The van der Waals surface area contributed by atoms with E-state index >= 15 is 0 Å². The third-order valence-corrected chi connectivity index (χ3v) is 3.71. The van der Waals surface area contributed by atoms with Gasteiger partial charge in [0.05, 0.1) is 0 Å². The van der Waals surface area contributed by atoms with Gasteiger partial charge in [0.15, 0.2) is 0 Å². The summed E-state index contributed by atoms with van der Waals surface area (Å²) in [6.45, 7) is 4.01. The lowest BCUT2D eigenvalue weighted by atomic mass is 10.1. The topological polar surface area (TPSA) is 38.3 Å². The summed E-state index contributed by atoms with van der Waals surface area (Å²) in [5, 5.41) is 2.95. The minimum Gasteiger partial charge on any atom is -0.457 e. The Balaban J connectivity index is 1.77. The zero-order valence-corrected chi connectivity index (χ0v) is 13.7. The Hall–Kier alpha value is -3.07. The molecule has 0 radical (unpaired) electrons. The molecule has 0 saturated heterocycles. The minimum atomic E-state index is -0.152. The molecular formula is C21H19NO2. The molecule has 3 aromatic rings. The second-order valence-corrected chi connectivity index (χ2v) is 5.72. The molecule has 0 aliphatic rings. The SMILES string of the molecule is Cc1ccc(NC(=O)c2cccc(Oc3ccccc3)c2)c(C)c1. The Morgan fingerprint density at radius 3 is 2.33 bits per heavy atom. The number of rotatable bonds is 4. The van der Waals surface area contributed by atoms with Gasteiger partial charge in [0.2, 0.25) is 0 Å². The average Bonchev–Trinajstić information content (AvgIpc) is 2.58. The molecule has 3 nitrogen and oxygen atoms in total. The smallest absolute Gasteiger partial charge is 0.255 e. The quantitative estimate of drug-likeness (QED) is 0.704. The maximum atomic E-state index is 12.5. The summed E-state index contributed by atoms with van der Waals surface area (Å²) in [5.74, 6) is 1.22. The van der Waals surface area contributed by atoms with Crippen LogP contribution in [-0.2, 0) is 0 Å². The molecule has 24 heavy (non-hydrogen) atoms. The molecule has 0 aromatic heterocycles. The van der Waals surface area contributed by atoms with E-state index in [-0.39, 0.29) is 5.91 Å². The number of aryl methyl sites for hydroxylation is 2. The molecule has 0 unspecified atom stereocenters.